The summed E-state index contributed by atoms with van der Waals surface area (Å²) in [5.41, 5.74) is 6.84. The number of hydrogen-bond acceptors (Lipinski definition) is 2. The molecule has 1 heterocycles. The Hall–Kier alpha value is -1.59. The SMILES string of the molecule is Cc1cc(Br)cn(Cc2ccc(C(N)=O)cc2Cl)c1=O. The predicted octanol–water partition coefficient (Wildman–Crippen LogP) is 2.72. The fourth-order valence-corrected chi connectivity index (χ4v) is 2.70. The van der Waals surface area contributed by atoms with Gasteiger partial charge in [0, 0.05) is 26.8 Å². The van der Waals surface area contributed by atoms with Crippen molar-refractivity contribution in [3.63, 3.8) is 0 Å². The molecule has 0 atom stereocenters. The molecule has 6 heteroatoms. The predicted molar refractivity (Wildman–Crippen MR) is 82.2 cm³/mol. The van der Waals surface area contributed by atoms with E-state index in [0.717, 1.165) is 10.0 Å². The monoisotopic (exact) mass is 354 g/mol. The number of amides is 1. The van der Waals surface area contributed by atoms with E-state index in [2.05, 4.69) is 15.9 Å². The van der Waals surface area contributed by atoms with Crippen molar-refractivity contribution in [3.05, 3.63) is 67.0 Å². The lowest BCUT2D eigenvalue weighted by molar-refractivity contribution is 0.100. The molecular formula is C14H12BrClN2O2. The van der Waals surface area contributed by atoms with E-state index in [4.69, 9.17) is 17.3 Å². The molecule has 0 saturated carbocycles. The lowest BCUT2D eigenvalue weighted by atomic mass is 10.1. The summed E-state index contributed by atoms with van der Waals surface area (Å²) < 4.78 is 2.38. The Morgan fingerprint density at radius 1 is 1.40 bits per heavy atom. The minimum atomic E-state index is -0.533. The van der Waals surface area contributed by atoms with Gasteiger partial charge in [-0.05, 0) is 46.6 Å². The van der Waals surface area contributed by atoms with Gasteiger partial charge in [-0.3, -0.25) is 9.59 Å². The van der Waals surface area contributed by atoms with Crippen LogP contribution in [-0.2, 0) is 6.54 Å². The highest BCUT2D eigenvalue weighted by Crippen LogP contribution is 2.19. The van der Waals surface area contributed by atoms with Crippen LogP contribution in [0.4, 0.5) is 0 Å². The highest BCUT2D eigenvalue weighted by molar-refractivity contribution is 9.10. The number of halogens is 2. The largest absolute Gasteiger partial charge is 0.366 e. The first-order valence-electron chi connectivity index (χ1n) is 5.83. The van der Waals surface area contributed by atoms with E-state index in [1.54, 1.807) is 35.9 Å². The second kappa shape index (κ2) is 5.81. The fraction of sp³-hybridized carbons (Fsp3) is 0.143. The van der Waals surface area contributed by atoms with E-state index in [0.29, 0.717) is 22.7 Å². The van der Waals surface area contributed by atoms with Crippen molar-refractivity contribution in [1.29, 1.82) is 0 Å². The summed E-state index contributed by atoms with van der Waals surface area (Å²) >= 11 is 9.48. The molecule has 104 valence electrons. The van der Waals surface area contributed by atoms with Crippen molar-refractivity contribution < 1.29 is 4.79 Å². The standard InChI is InChI=1S/C14H12BrClN2O2/c1-8-4-11(15)7-18(14(8)20)6-10-3-2-9(13(17)19)5-12(10)16/h2-5,7H,6H2,1H3,(H2,17,19). The van der Waals surface area contributed by atoms with Gasteiger partial charge in [0.1, 0.15) is 0 Å². The maximum absolute atomic E-state index is 12.0. The van der Waals surface area contributed by atoms with Gasteiger partial charge in [0.25, 0.3) is 5.56 Å². The molecule has 2 rings (SSSR count). The normalized spacial score (nSPS) is 10.6. The molecule has 0 saturated heterocycles. The minimum Gasteiger partial charge on any atom is -0.366 e. The Morgan fingerprint density at radius 2 is 2.10 bits per heavy atom. The van der Waals surface area contributed by atoms with Crippen LogP contribution in [0.2, 0.25) is 5.02 Å². The number of carbonyl (C=O) groups excluding carboxylic acids is 1. The van der Waals surface area contributed by atoms with Crippen molar-refractivity contribution >= 4 is 33.4 Å². The minimum absolute atomic E-state index is 0.0803. The number of aromatic nitrogens is 1. The molecule has 1 amide bonds. The third kappa shape index (κ3) is 3.11. The summed E-state index contributed by atoms with van der Waals surface area (Å²) in [6, 6.07) is 6.57. The first kappa shape index (κ1) is 14.8. The topological polar surface area (TPSA) is 65.1 Å². The molecule has 0 fully saturated rings. The van der Waals surface area contributed by atoms with Gasteiger partial charge in [-0.25, -0.2) is 0 Å². The summed E-state index contributed by atoms with van der Waals surface area (Å²) in [7, 11) is 0. The van der Waals surface area contributed by atoms with Crippen molar-refractivity contribution in [1.82, 2.24) is 4.57 Å². The van der Waals surface area contributed by atoms with Crippen LogP contribution in [0.5, 0.6) is 0 Å². The number of rotatable bonds is 3. The summed E-state index contributed by atoms with van der Waals surface area (Å²) in [6.07, 6.45) is 1.70. The van der Waals surface area contributed by atoms with Crippen LogP contribution in [0.1, 0.15) is 21.5 Å². The first-order valence-corrected chi connectivity index (χ1v) is 7.00. The molecule has 0 bridgehead atoms. The molecule has 1 aromatic heterocycles. The molecule has 2 N–H and O–H groups in total. The van der Waals surface area contributed by atoms with Crippen molar-refractivity contribution in [2.45, 2.75) is 13.5 Å². The molecule has 20 heavy (non-hydrogen) atoms. The van der Waals surface area contributed by atoms with Crippen molar-refractivity contribution in [2.75, 3.05) is 0 Å². The van der Waals surface area contributed by atoms with Crippen LogP contribution in [0.25, 0.3) is 0 Å². The average molecular weight is 356 g/mol. The van der Waals surface area contributed by atoms with Crippen LogP contribution in [0, 0.1) is 6.92 Å². The Kier molecular flexibility index (Phi) is 4.30. The van der Waals surface area contributed by atoms with E-state index in [1.165, 1.54) is 6.07 Å². The van der Waals surface area contributed by atoms with Gasteiger partial charge in [-0.1, -0.05) is 17.7 Å². The second-order valence-electron chi connectivity index (χ2n) is 4.44. The molecule has 0 aliphatic carbocycles. The third-order valence-corrected chi connectivity index (χ3v) is 3.70. The van der Waals surface area contributed by atoms with Gasteiger partial charge in [0.2, 0.25) is 5.91 Å². The maximum atomic E-state index is 12.0. The van der Waals surface area contributed by atoms with E-state index < -0.39 is 5.91 Å². The fourth-order valence-electron chi connectivity index (χ4n) is 1.87. The third-order valence-electron chi connectivity index (χ3n) is 2.91. The number of nitrogens with two attached hydrogens (primary N) is 1. The van der Waals surface area contributed by atoms with Gasteiger partial charge in [-0.15, -0.1) is 0 Å². The van der Waals surface area contributed by atoms with Crippen molar-refractivity contribution in [2.24, 2.45) is 5.73 Å². The van der Waals surface area contributed by atoms with Gasteiger partial charge in [0.15, 0.2) is 0 Å². The summed E-state index contributed by atoms with van der Waals surface area (Å²) in [5.74, 6) is -0.533. The molecule has 0 aliphatic heterocycles. The number of aryl methyl sites for hydroxylation is 1. The molecule has 2 aromatic rings. The number of primary amides is 1. The Labute approximate surface area is 129 Å². The van der Waals surface area contributed by atoms with Crippen LogP contribution in [0.3, 0.4) is 0 Å². The van der Waals surface area contributed by atoms with Crippen LogP contribution < -0.4 is 11.3 Å². The van der Waals surface area contributed by atoms with Gasteiger partial charge < -0.3 is 10.3 Å². The molecule has 1 aromatic carbocycles. The van der Waals surface area contributed by atoms with E-state index in [9.17, 15) is 9.59 Å². The van der Waals surface area contributed by atoms with Crippen LogP contribution >= 0.6 is 27.5 Å². The lowest BCUT2D eigenvalue weighted by Crippen LogP contribution is -2.22. The van der Waals surface area contributed by atoms with Gasteiger partial charge >= 0.3 is 0 Å². The Bertz CT molecular complexity index is 740. The van der Waals surface area contributed by atoms with Gasteiger partial charge in [-0.2, -0.15) is 0 Å². The van der Waals surface area contributed by atoms with E-state index in [-0.39, 0.29) is 5.56 Å². The first-order chi connectivity index (χ1) is 9.38. The summed E-state index contributed by atoms with van der Waals surface area (Å²) in [4.78, 5) is 23.1. The molecule has 0 spiro atoms. The molecule has 4 nitrogen and oxygen atoms in total. The Morgan fingerprint density at radius 3 is 2.70 bits per heavy atom. The molecule has 0 unspecified atom stereocenters. The lowest BCUT2D eigenvalue weighted by Gasteiger charge is -2.10. The molecule has 0 aliphatic rings. The van der Waals surface area contributed by atoms with E-state index >= 15 is 0 Å². The number of hydrogen-bond donors (Lipinski definition) is 1. The Balaban J connectivity index is 2.41. The number of pyridine rings is 1. The highest BCUT2D eigenvalue weighted by atomic mass is 79.9. The summed E-state index contributed by atoms with van der Waals surface area (Å²) in [6.45, 7) is 2.08. The molecule has 0 radical (unpaired) electrons. The highest BCUT2D eigenvalue weighted by Gasteiger charge is 2.08. The number of carbonyl (C=O) groups is 1. The van der Waals surface area contributed by atoms with Crippen LogP contribution in [0.15, 0.2) is 39.7 Å². The number of benzene rings is 1. The zero-order valence-electron chi connectivity index (χ0n) is 10.7. The smallest absolute Gasteiger partial charge is 0.253 e. The quantitative estimate of drug-likeness (QED) is 0.920. The zero-order valence-corrected chi connectivity index (χ0v) is 13.0. The van der Waals surface area contributed by atoms with E-state index in [1.807, 2.05) is 0 Å². The van der Waals surface area contributed by atoms with Crippen molar-refractivity contribution in [3.8, 4) is 0 Å². The number of nitrogens with zero attached hydrogens (tertiary/aromatic N) is 1. The maximum Gasteiger partial charge on any atom is 0.253 e. The average Bonchev–Trinajstić information content (AvgIpc) is 2.37. The second-order valence-corrected chi connectivity index (χ2v) is 5.77. The summed E-state index contributed by atoms with van der Waals surface area (Å²) in [5, 5.41) is 0.408. The van der Waals surface area contributed by atoms with Gasteiger partial charge in [0.05, 0.1) is 6.54 Å². The van der Waals surface area contributed by atoms with Crippen LogP contribution in [-0.4, -0.2) is 10.5 Å². The zero-order chi connectivity index (χ0) is 14.9. The molecular weight excluding hydrogens is 344 g/mol.